The molecule has 7 atom stereocenters. The van der Waals surface area contributed by atoms with E-state index in [1.54, 1.807) is 12.1 Å². The van der Waals surface area contributed by atoms with E-state index in [0.29, 0.717) is 170 Å². The van der Waals surface area contributed by atoms with Crippen molar-refractivity contribution in [2.45, 2.75) is 174 Å². The molecule has 1 saturated carbocycles. The third-order valence-corrected chi connectivity index (χ3v) is 24.6. The van der Waals surface area contributed by atoms with Gasteiger partial charge in [0.05, 0.1) is 66.3 Å². The van der Waals surface area contributed by atoms with Crippen molar-refractivity contribution >= 4 is 109 Å². The number of fused-ring (bicyclic) bond motifs is 19. The maximum Gasteiger partial charge on any atom is 0.170 e. The van der Waals surface area contributed by atoms with Crippen LogP contribution in [0.2, 0.25) is 20.1 Å². The summed E-state index contributed by atoms with van der Waals surface area (Å²) < 4.78 is 73.8. The molecule has 0 radical (unpaired) electrons. The Balaban J connectivity index is 0.000000387. The van der Waals surface area contributed by atoms with Crippen molar-refractivity contribution < 1.29 is 56.8 Å². The molecule has 0 saturated heterocycles. The van der Waals surface area contributed by atoms with E-state index in [0.717, 1.165) is 114 Å². The van der Waals surface area contributed by atoms with Gasteiger partial charge in [0.25, 0.3) is 0 Å². The van der Waals surface area contributed by atoms with Crippen molar-refractivity contribution in [3.8, 4) is 138 Å². The predicted molar refractivity (Wildman–Crippen MR) is 553 cm³/mol. The van der Waals surface area contributed by atoms with Crippen LogP contribution in [-0.2, 0) is 72.8 Å². The van der Waals surface area contributed by atoms with E-state index in [2.05, 4.69) is 127 Å². The SMILES string of the molecule is C#CCOCC(C)C.C#CCOCc1cc(C)cc(C)c1Oc1cc(Cl)c2c(c1)C1Nc3[nH]c(c4cc(Oc5c(C)cc(C)cc5COCC#C)c(Cl)cc34)N=c3[nH]c(c4cc(Oc5c(C)cc(C)cc5COCC#C)cc(Cl)c34)=NC3N=C(NC2N1)c1cc(Oc2c(C)cc(C)cc2COCC#C)c(Cl)cc13.C#CCOCc1cc(C)cc(COCC#C)c1O[C@H]1CC(C)C(C)C[C@H]1C.I. The highest BCUT2D eigenvalue weighted by molar-refractivity contribution is 14.0. The molecule has 11 aromatic rings. The van der Waals surface area contributed by atoms with Gasteiger partial charge in [0.2, 0.25) is 0 Å². The Kier molecular flexibility index (Phi) is 36.4. The van der Waals surface area contributed by atoms with E-state index in [-0.39, 0.29) is 96.1 Å². The molecule has 2 aromatic heterocycles. The number of H-pyrrole nitrogens is 2. The maximum absolute atomic E-state index is 7.65. The fraction of sp³-hybridized carbons (Fsp3) is 0.342. The van der Waals surface area contributed by atoms with E-state index >= 15 is 0 Å². The van der Waals surface area contributed by atoms with Gasteiger partial charge >= 0.3 is 0 Å². The molecule has 0 spiro atoms. The number of hydrogen-bond acceptors (Lipinski definition) is 18. The normalized spacial score (nSPS) is 16.4. The Morgan fingerprint density at radius 2 is 0.824 bits per heavy atom. The summed E-state index contributed by atoms with van der Waals surface area (Å²) in [4.78, 5) is 23.6. The number of amidine groups is 1. The first-order valence-electron chi connectivity index (χ1n) is 44.7. The lowest BCUT2D eigenvalue weighted by Gasteiger charge is -2.38. The Labute approximate surface area is 835 Å². The van der Waals surface area contributed by atoms with Crippen LogP contribution in [0.4, 0.5) is 11.6 Å². The largest absolute Gasteiger partial charge is 0.489 e. The first-order valence-corrected chi connectivity index (χ1v) is 46.2. The topological polar surface area (TPSA) is 216 Å². The molecule has 4 aliphatic rings. The molecule has 25 heteroatoms. The van der Waals surface area contributed by atoms with Gasteiger partial charge in [-0.2, -0.15) is 0 Å². The summed E-state index contributed by atoms with van der Waals surface area (Å²) in [6.45, 7) is 33.1. The number of aryl methyl sites for hydroxylation is 9. The number of nitrogens with zero attached hydrogens (tertiary/aromatic N) is 3. The van der Waals surface area contributed by atoms with Crippen LogP contribution in [0, 0.1) is 172 Å². The van der Waals surface area contributed by atoms with Gasteiger partial charge in [-0.3, -0.25) is 5.32 Å². The summed E-state index contributed by atoms with van der Waals surface area (Å²) in [5.74, 6) is 26.2. The number of aliphatic imine (C=N–C) groups is 1. The monoisotopic (exact) mass is 2020 g/mol. The second-order valence-electron chi connectivity index (χ2n) is 35.0. The van der Waals surface area contributed by atoms with Gasteiger partial charge < -0.3 is 77.4 Å². The van der Waals surface area contributed by atoms with Crippen molar-refractivity contribution in [2.75, 3.05) is 58.2 Å². The van der Waals surface area contributed by atoms with Crippen LogP contribution in [0.1, 0.15) is 172 Å². The molecule has 9 aromatic carbocycles. The molecule has 1 aliphatic carbocycles. The lowest BCUT2D eigenvalue weighted by atomic mass is 9.75. The second kappa shape index (κ2) is 47.9. The van der Waals surface area contributed by atoms with Gasteiger partial charge in [-0.25, -0.2) is 15.0 Å². The van der Waals surface area contributed by atoms with E-state index in [1.165, 1.54) is 6.42 Å². The first kappa shape index (κ1) is 103. The van der Waals surface area contributed by atoms with Crippen molar-refractivity contribution in [1.82, 2.24) is 20.6 Å². The van der Waals surface area contributed by atoms with Crippen LogP contribution in [0.15, 0.2) is 124 Å². The number of ether oxygens (including phenoxy) is 12. The fourth-order valence-electron chi connectivity index (χ4n) is 17.6. The van der Waals surface area contributed by atoms with E-state index in [9.17, 15) is 0 Å². The lowest BCUT2D eigenvalue weighted by molar-refractivity contribution is 0.0462. The molecule has 5 unspecified atom stereocenters. The van der Waals surface area contributed by atoms with E-state index < -0.39 is 18.5 Å². The highest BCUT2D eigenvalue weighted by Crippen LogP contribution is 2.50. The summed E-state index contributed by atoms with van der Waals surface area (Å²) in [6.07, 6.45) is 38.1. The number of terminal acetylenes is 7. The van der Waals surface area contributed by atoms with Crippen LogP contribution >= 0.6 is 70.4 Å². The second-order valence-corrected chi connectivity index (χ2v) is 36.6. The smallest absolute Gasteiger partial charge is 0.170 e. The van der Waals surface area contributed by atoms with Gasteiger partial charge in [0.15, 0.2) is 6.17 Å². The predicted octanol–water partition coefficient (Wildman–Crippen LogP) is 24.5. The lowest BCUT2D eigenvalue weighted by Crippen LogP contribution is -2.37. The highest BCUT2D eigenvalue weighted by atomic mass is 127. The molecular formula is C111H113Cl4IN8O12. The van der Waals surface area contributed by atoms with Crippen molar-refractivity contribution in [1.29, 1.82) is 0 Å². The Bertz CT molecular complexity index is 6730. The number of benzene rings is 9. The third kappa shape index (κ3) is 25.2. The van der Waals surface area contributed by atoms with Gasteiger partial charge in [-0.05, 0) is 164 Å². The molecule has 5 heterocycles. The molecule has 15 rings (SSSR count). The van der Waals surface area contributed by atoms with Crippen molar-refractivity contribution in [3.63, 3.8) is 0 Å². The zero-order valence-corrected chi connectivity index (χ0v) is 84.4. The summed E-state index contributed by atoms with van der Waals surface area (Å²) in [7, 11) is 0. The molecule has 3 aliphatic heterocycles. The van der Waals surface area contributed by atoms with Crippen LogP contribution in [0.5, 0.6) is 51.7 Å². The minimum absolute atomic E-state index is 0. The van der Waals surface area contributed by atoms with Crippen molar-refractivity contribution in [3.05, 3.63) is 246 Å². The first-order chi connectivity index (χ1) is 65.0. The number of nitrogens with one attached hydrogen (secondary N) is 5. The van der Waals surface area contributed by atoms with Gasteiger partial charge in [0, 0.05) is 83.2 Å². The maximum atomic E-state index is 7.65. The number of rotatable bonds is 31. The minimum atomic E-state index is -0.951. The summed E-state index contributed by atoms with van der Waals surface area (Å²) in [6, 6.07) is 35.2. The molecule has 1 fully saturated rings. The molecule has 20 nitrogen and oxygen atoms in total. The molecule has 0 amide bonds. The van der Waals surface area contributed by atoms with E-state index in [4.69, 9.17) is 163 Å². The zero-order valence-electron chi connectivity index (χ0n) is 79.0. The summed E-state index contributed by atoms with van der Waals surface area (Å²) in [5, 5.41) is 15.0. The van der Waals surface area contributed by atoms with Crippen LogP contribution in [-0.4, -0.2) is 74.8 Å². The number of anilines is 1. The highest BCUT2D eigenvalue weighted by Gasteiger charge is 2.39. The Morgan fingerprint density at radius 3 is 1.30 bits per heavy atom. The standard InChI is InChI=1S/C80H68Cl4N8O8.C24H32O3.C7H12O.HI/c1-13-17-93-37-49-25-41(5)21-45(9)69(49)97-53-29-59-67(63(83)31-53)79-89-75-58-36-66(100-72-48(12)24-44(8)28-52(72)40-96-20-16-4)62(82)34-56(58)74(86-75)88-78-60-30-54(98-70-46(10)22-42(6)26-50(70)38-94-18-14-2)32-64(84)68(60)80(92-78)90-76-57-35-65(61(81)33-55(57)73(85-76)87-77(59)91-79)99-71-47(11)23-43(7)27-51(71)39-95-19-15-3;1-7-9-25-15-21-11-17(3)12-22(16-26-10-8-2)24(21)27-23-14-19(5)18(4)13-20(23)6;1-4-5-8-6-7(2)3;/h1-4,21-36,73,78,80,86,88,92H,17-20,37-40H2,5-12H3,(H,85,90)(H,87,89,91);1-2,11-12,18-20,23H,9-10,13-16H2,3-6H3;1,7H,5-6H2,2-3H3;1H/t;18?,19?,20-,23+;;/m.1../s1. The summed E-state index contributed by atoms with van der Waals surface area (Å²) >= 11 is 30.1. The number of hydrogen-bond donors (Lipinski definition) is 5. The average Bonchev–Trinajstić information content (AvgIpc) is 1.58. The molecule has 704 valence electrons. The Hall–Kier alpha value is -11.6. The fourth-order valence-corrected chi connectivity index (χ4v) is 18.6. The van der Waals surface area contributed by atoms with Crippen molar-refractivity contribution in [2.24, 2.45) is 38.6 Å². The Morgan fingerprint density at radius 1 is 0.397 bits per heavy atom. The molecule has 8 bridgehead atoms. The third-order valence-electron chi connectivity index (χ3n) is 23.4. The zero-order chi connectivity index (χ0) is 96.4. The quantitative estimate of drug-likeness (QED) is 0.0155. The van der Waals surface area contributed by atoms with Gasteiger partial charge in [-0.1, -0.05) is 211 Å². The van der Waals surface area contributed by atoms with Crippen LogP contribution in [0.25, 0.3) is 21.5 Å². The van der Waals surface area contributed by atoms with Gasteiger partial charge in [0.1, 0.15) is 145 Å². The number of halogens is 5. The number of aromatic amines is 2. The molecule has 136 heavy (non-hydrogen) atoms. The minimum Gasteiger partial charge on any atom is -0.489 e. The average molecular weight is 2020 g/mol. The molecule has 5 N–H and O–H groups in total. The molecular weight excluding hydrogens is 1910 g/mol. The van der Waals surface area contributed by atoms with Crippen LogP contribution in [0.3, 0.4) is 0 Å². The van der Waals surface area contributed by atoms with E-state index in [1.807, 2.05) is 134 Å². The number of aromatic nitrogens is 2. The summed E-state index contributed by atoms with van der Waals surface area (Å²) in [5.41, 5.74) is 17.3. The van der Waals surface area contributed by atoms with Crippen LogP contribution < -0.4 is 50.6 Å². The van der Waals surface area contributed by atoms with Gasteiger partial charge in [-0.15, -0.1) is 68.9 Å².